The summed E-state index contributed by atoms with van der Waals surface area (Å²) in [4.78, 5) is 73.2. The number of nitrogens with one attached hydrogen (secondary N) is 3. The van der Waals surface area contributed by atoms with Gasteiger partial charge in [0.1, 0.15) is 23.7 Å². The number of cyclic esters (lactones) is 1. The number of carbonyl (C=O) groups is 5. The van der Waals surface area contributed by atoms with Gasteiger partial charge in [-0.3, -0.25) is 19.3 Å². The second-order valence-corrected chi connectivity index (χ2v) is 19.8. The average Bonchev–Trinajstić information content (AvgIpc) is 4.00. The first-order valence-corrected chi connectivity index (χ1v) is 21.5. The third-order valence-corrected chi connectivity index (χ3v) is 15.0. The maximum atomic E-state index is 14.6. The van der Waals surface area contributed by atoms with Crippen LogP contribution in [0.2, 0.25) is 0 Å². The van der Waals surface area contributed by atoms with E-state index in [0.717, 1.165) is 63.4 Å². The summed E-state index contributed by atoms with van der Waals surface area (Å²) in [6.07, 6.45) is 8.52. The summed E-state index contributed by atoms with van der Waals surface area (Å²) in [5.74, 6) is -1.13. The number of hydrogen-bond acceptors (Lipinski definition) is 7. The van der Waals surface area contributed by atoms with Crippen molar-refractivity contribution < 1.29 is 33.4 Å². The van der Waals surface area contributed by atoms with Crippen LogP contribution in [0, 0.1) is 16.7 Å². The second kappa shape index (κ2) is 15.1. The zero-order valence-electron chi connectivity index (χ0n) is 32.7. The van der Waals surface area contributed by atoms with Crippen molar-refractivity contribution in [3.8, 4) is 0 Å². The lowest BCUT2D eigenvalue weighted by Crippen LogP contribution is -2.60. The summed E-state index contributed by atoms with van der Waals surface area (Å²) in [7, 11) is -0.366. The van der Waals surface area contributed by atoms with Crippen LogP contribution >= 0.6 is 10.7 Å². The fourth-order valence-electron chi connectivity index (χ4n) is 9.07. The molecule has 6 aliphatic rings. The van der Waals surface area contributed by atoms with E-state index >= 15 is 0 Å². The van der Waals surface area contributed by atoms with Crippen LogP contribution in [0.15, 0.2) is 18.2 Å². The van der Waals surface area contributed by atoms with Gasteiger partial charge in [-0.05, 0) is 91.7 Å². The average molecular weight is 766 g/mol. The van der Waals surface area contributed by atoms with Crippen LogP contribution in [0.25, 0.3) is 0 Å². The summed E-state index contributed by atoms with van der Waals surface area (Å²) in [5.41, 5.74) is 1.66. The maximum absolute atomic E-state index is 14.6. The summed E-state index contributed by atoms with van der Waals surface area (Å²) in [6, 6.07) is 4.22. The number of carbonyl (C=O) groups excluding carboxylic acids is 5. The van der Waals surface area contributed by atoms with Gasteiger partial charge in [-0.25, -0.2) is 9.59 Å². The van der Waals surface area contributed by atoms with Crippen LogP contribution in [0.4, 0.5) is 9.59 Å². The van der Waals surface area contributed by atoms with Crippen LogP contribution in [-0.4, -0.2) is 87.2 Å². The molecule has 3 aliphatic heterocycles. The number of hydrogen-bond donors (Lipinski definition) is 3. The highest BCUT2D eigenvalue weighted by atomic mass is 32.2. The molecule has 1 aromatic carbocycles. The number of nitrogens with zero attached hydrogens (tertiary/aromatic N) is 2. The van der Waals surface area contributed by atoms with Crippen molar-refractivity contribution in [1.82, 2.24) is 25.2 Å². The van der Waals surface area contributed by atoms with Gasteiger partial charge < -0.3 is 29.7 Å². The fourth-order valence-corrected chi connectivity index (χ4v) is 10.8. The number of rotatable bonds is 6. The Labute approximate surface area is 322 Å². The Morgan fingerprint density at radius 1 is 1.06 bits per heavy atom. The van der Waals surface area contributed by atoms with E-state index in [0.29, 0.717) is 37.8 Å². The summed E-state index contributed by atoms with van der Waals surface area (Å²) in [5, 5.41) is 8.45. The Kier molecular flexibility index (Phi) is 10.8. The molecule has 3 N–H and O–H groups in total. The van der Waals surface area contributed by atoms with Gasteiger partial charge in [0.2, 0.25) is 11.8 Å². The van der Waals surface area contributed by atoms with Crippen molar-refractivity contribution in [1.29, 1.82) is 0 Å². The number of aryl methyl sites for hydroxylation is 1. The Morgan fingerprint density at radius 2 is 1.80 bits per heavy atom. The van der Waals surface area contributed by atoms with E-state index in [2.05, 4.69) is 33.6 Å². The molecule has 4 bridgehead atoms. The smallest absolute Gasteiger partial charge is 0.410 e. The molecule has 1 aromatic rings. The Balaban J connectivity index is 1.15. The van der Waals surface area contributed by atoms with Gasteiger partial charge in [-0.1, -0.05) is 75.8 Å². The zero-order chi connectivity index (χ0) is 38.4. The van der Waals surface area contributed by atoms with E-state index in [1.807, 2.05) is 40.0 Å². The third-order valence-electron chi connectivity index (χ3n) is 12.9. The lowest BCUT2D eigenvalue weighted by molar-refractivity contribution is -0.143. The molecule has 0 radical (unpaired) electrons. The second-order valence-electron chi connectivity index (χ2n) is 17.7. The molecule has 13 heteroatoms. The van der Waals surface area contributed by atoms with Crippen molar-refractivity contribution >= 4 is 45.9 Å². The first kappa shape index (κ1) is 38.7. The number of fused-ring (bicyclic) bond motifs is 3. The molecule has 3 aliphatic carbocycles. The molecule has 0 aromatic heterocycles. The summed E-state index contributed by atoms with van der Waals surface area (Å²) < 4.78 is 15.2. The summed E-state index contributed by atoms with van der Waals surface area (Å²) in [6.45, 7) is 10.7. The zero-order valence-corrected chi connectivity index (χ0v) is 33.5. The molecule has 4 fully saturated rings. The van der Waals surface area contributed by atoms with Crippen LogP contribution in [-0.2, 0) is 43.4 Å². The van der Waals surface area contributed by atoms with Gasteiger partial charge in [0, 0.05) is 30.2 Å². The molecule has 3 saturated carbocycles. The molecular weight excluding hydrogens is 707 g/mol. The van der Waals surface area contributed by atoms with Crippen molar-refractivity contribution in [2.24, 2.45) is 16.7 Å². The minimum Gasteiger partial charge on any atom is -0.449 e. The Hall–Kier alpha value is -3.61. The van der Waals surface area contributed by atoms with Crippen LogP contribution in [0.1, 0.15) is 122 Å². The topological polar surface area (TPSA) is 146 Å². The maximum Gasteiger partial charge on any atom is 0.410 e. The first-order valence-electron chi connectivity index (χ1n) is 20.2. The molecule has 12 nitrogen and oxygen atoms in total. The highest BCUT2D eigenvalue weighted by Gasteiger charge is 2.61. The molecule has 1 saturated heterocycles. The quantitative estimate of drug-likeness (QED) is 0.315. The van der Waals surface area contributed by atoms with E-state index in [9.17, 15) is 24.0 Å². The minimum absolute atomic E-state index is 0.0204. The van der Waals surface area contributed by atoms with E-state index in [-0.39, 0.29) is 40.9 Å². The third kappa shape index (κ3) is 7.89. The van der Waals surface area contributed by atoms with Crippen LogP contribution < -0.4 is 15.4 Å². The lowest BCUT2D eigenvalue weighted by Gasteiger charge is -2.42. The van der Waals surface area contributed by atoms with Crippen molar-refractivity contribution in [3.05, 3.63) is 34.9 Å². The van der Waals surface area contributed by atoms with Gasteiger partial charge in [-0.15, -0.1) is 0 Å². The molecule has 6 atom stereocenters. The highest BCUT2D eigenvalue weighted by Crippen LogP contribution is 2.48. The number of benzene rings is 1. The monoisotopic (exact) mass is 765 g/mol. The lowest BCUT2D eigenvalue weighted by atomic mass is 9.66. The molecular formula is C41H59N5O7S. The molecule has 7 rings (SSSR count). The van der Waals surface area contributed by atoms with E-state index in [4.69, 9.17) is 9.47 Å². The minimum atomic E-state index is -1.07. The predicted molar refractivity (Wildman–Crippen MR) is 207 cm³/mol. The fraction of sp³-hybridized carbons (Fsp3) is 0.707. The predicted octanol–water partition coefficient (Wildman–Crippen LogP) is 5.72. The van der Waals surface area contributed by atoms with Crippen molar-refractivity contribution in [3.63, 3.8) is 0 Å². The summed E-state index contributed by atoms with van der Waals surface area (Å²) >= 11 is 0. The first-order chi connectivity index (χ1) is 25.8. The molecule has 54 heavy (non-hydrogen) atoms. The normalized spacial score (nSPS) is 30.5. The number of ether oxygens (including phenoxy) is 2. The number of alkyl carbamates (subject to hydrolysis) is 1. The molecule has 5 amide bonds. The number of amides is 5. The van der Waals surface area contributed by atoms with E-state index in [1.54, 1.807) is 4.90 Å². The standard InChI is InChI=1S/C41H59N5O7S/c1-6-28-21-41(28,36(49)44-54(7-2)30-15-16-30)43-34(47)32-20-29-23-46(32)35(48)33(39(3,4)5)42-37(50)52-25-40(18-11-19-40)17-9-8-12-26-13-10-14-27-22-45(24-31(26)27)38(51)53-29/h7,10,13-14,28-30,32-33H,6,8-9,11-12,15-25H2,1-5H3,(H,42,50)(H,43,47)(H,44,49)/t28-,29-,32+,33-,41-,54?/m1/s1. The largest absolute Gasteiger partial charge is 0.449 e. The van der Waals surface area contributed by atoms with Crippen molar-refractivity contribution in [2.75, 3.05) is 13.2 Å². The molecule has 3 heterocycles. The SMILES string of the molecule is C/C=S(/NC(=O)[C@@]1(NC(=O)[C@@H]2C[C@@H]3CN2C(=O)[C@H](C(C)(C)C)NC(=O)OCC2(CCCCc4cccc5c4CN(C5)C(=O)O3)CCC2)C[C@H]1CC)C1CC1. The highest BCUT2D eigenvalue weighted by molar-refractivity contribution is 8.14. The van der Waals surface area contributed by atoms with E-state index < -0.39 is 53.1 Å². The van der Waals surface area contributed by atoms with Gasteiger partial charge in [-0.2, -0.15) is 0 Å². The van der Waals surface area contributed by atoms with E-state index in [1.165, 1.54) is 16.0 Å². The van der Waals surface area contributed by atoms with Crippen LogP contribution in [0.5, 0.6) is 0 Å². The molecule has 1 spiro atoms. The molecule has 1 unspecified atom stereocenters. The van der Waals surface area contributed by atoms with Crippen LogP contribution in [0.3, 0.4) is 0 Å². The van der Waals surface area contributed by atoms with Gasteiger partial charge in [0.25, 0.3) is 5.91 Å². The van der Waals surface area contributed by atoms with Crippen molar-refractivity contribution in [2.45, 2.75) is 154 Å². The van der Waals surface area contributed by atoms with Gasteiger partial charge in [0.05, 0.1) is 13.2 Å². The van der Waals surface area contributed by atoms with Gasteiger partial charge in [0.15, 0.2) is 0 Å². The Bertz CT molecular complexity index is 1700. The Morgan fingerprint density at radius 3 is 2.44 bits per heavy atom. The molecule has 296 valence electrons. The van der Waals surface area contributed by atoms with Gasteiger partial charge >= 0.3 is 12.2 Å².